The van der Waals surface area contributed by atoms with E-state index in [1.54, 1.807) is 25.1 Å². The predicted molar refractivity (Wildman–Crippen MR) is 74.9 cm³/mol. The van der Waals surface area contributed by atoms with Crippen molar-refractivity contribution in [2.45, 2.75) is 11.8 Å². The molecule has 1 aromatic heterocycles. The normalized spacial score (nSPS) is 10.9. The molecule has 0 amide bonds. The number of hydrogen-bond acceptors (Lipinski definition) is 4. The van der Waals surface area contributed by atoms with Gasteiger partial charge in [0.15, 0.2) is 0 Å². The van der Waals surface area contributed by atoms with E-state index in [2.05, 4.69) is 15.4 Å². The Hall–Kier alpha value is -2.25. The van der Waals surface area contributed by atoms with E-state index in [9.17, 15) is 8.42 Å². The molecule has 0 saturated carbocycles. The molecule has 3 rings (SSSR count). The van der Waals surface area contributed by atoms with Crippen LogP contribution >= 0.6 is 0 Å². The summed E-state index contributed by atoms with van der Waals surface area (Å²) in [6, 6.07) is 14.0. The van der Waals surface area contributed by atoms with Crippen molar-refractivity contribution in [3.05, 3.63) is 54.1 Å². The number of H-pyrrole nitrogens is 1. The van der Waals surface area contributed by atoms with Gasteiger partial charge in [0, 0.05) is 0 Å². The van der Waals surface area contributed by atoms with Crippen LogP contribution in [0.15, 0.2) is 53.4 Å². The monoisotopic (exact) mass is 291 g/mol. The molecular weight excluding hydrogens is 278 g/mol. The smallest absolute Gasteiger partial charge is 0.282 e. The van der Waals surface area contributed by atoms with Gasteiger partial charge < -0.3 is 0 Å². The van der Waals surface area contributed by atoms with Crippen LogP contribution in [0, 0.1) is 6.92 Å². The summed E-state index contributed by atoms with van der Waals surface area (Å²) in [5.74, 6) is 0. The standard InChI is InChI=1S/C7H8O3S.C6H5N3/c1-6-4-2-3-5-7(6)11(8,9)10;1-2-4-6-5(3-1)7-9-8-6/h2-5H,1H3,(H,8,9,10);1-4H,(H,7,8,9). The molecule has 0 fully saturated rings. The van der Waals surface area contributed by atoms with Gasteiger partial charge in [-0.3, -0.25) is 4.55 Å². The number of para-hydroxylation sites is 2. The number of aromatic nitrogens is 3. The van der Waals surface area contributed by atoms with E-state index in [0.29, 0.717) is 5.56 Å². The molecule has 0 saturated heterocycles. The summed E-state index contributed by atoms with van der Waals surface area (Å²) in [6.45, 7) is 1.63. The van der Waals surface area contributed by atoms with E-state index in [-0.39, 0.29) is 4.90 Å². The molecule has 1 heterocycles. The first-order valence-electron chi connectivity index (χ1n) is 5.77. The lowest BCUT2D eigenvalue weighted by Gasteiger charge is -1.99. The lowest BCUT2D eigenvalue weighted by atomic mass is 10.2. The van der Waals surface area contributed by atoms with Crippen molar-refractivity contribution >= 4 is 21.2 Å². The minimum absolute atomic E-state index is 0.0278. The van der Waals surface area contributed by atoms with Gasteiger partial charge in [0.25, 0.3) is 10.1 Å². The Kier molecular flexibility index (Phi) is 4.11. The van der Waals surface area contributed by atoms with Crippen molar-refractivity contribution in [3.63, 3.8) is 0 Å². The first-order chi connectivity index (χ1) is 9.48. The summed E-state index contributed by atoms with van der Waals surface area (Å²) in [7, 11) is -4.03. The number of fused-ring (bicyclic) bond motifs is 1. The lowest BCUT2D eigenvalue weighted by molar-refractivity contribution is 0.482. The Morgan fingerprint density at radius 3 is 1.90 bits per heavy atom. The molecule has 0 bridgehead atoms. The number of aryl methyl sites for hydroxylation is 1. The largest absolute Gasteiger partial charge is 0.294 e. The Balaban J connectivity index is 0.000000149. The van der Waals surface area contributed by atoms with Crippen LogP contribution < -0.4 is 0 Å². The van der Waals surface area contributed by atoms with Crippen molar-refractivity contribution in [1.29, 1.82) is 0 Å². The predicted octanol–water partition coefficient (Wildman–Crippen LogP) is 2.20. The van der Waals surface area contributed by atoms with E-state index in [1.165, 1.54) is 6.07 Å². The molecule has 0 atom stereocenters. The highest BCUT2D eigenvalue weighted by molar-refractivity contribution is 7.85. The minimum atomic E-state index is -4.03. The third-order valence-electron chi connectivity index (χ3n) is 2.59. The van der Waals surface area contributed by atoms with Crippen molar-refractivity contribution in [1.82, 2.24) is 15.4 Å². The number of nitrogens with one attached hydrogen (secondary N) is 1. The van der Waals surface area contributed by atoms with Crippen LogP contribution in [0.2, 0.25) is 0 Å². The lowest BCUT2D eigenvalue weighted by Crippen LogP contribution is -1.99. The molecule has 20 heavy (non-hydrogen) atoms. The van der Waals surface area contributed by atoms with Crippen molar-refractivity contribution in [2.24, 2.45) is 0 Å². The maximum Gasteiger partial charge on any atom is 0.294 e. The fourth-order valence-corrected chi connectivity index (χ4v) is 2.36. The second-order valence-corrected chi connectivity index (χ2v) is 5.44. The van der Waals surface area contributed by atoms with Crippen molar-refractivity contribution in [3.8, 4) is 0 Å². The molecule has 7 heteroatoms. The number of nitrogens with zero attached hydrogens (tertiary/aromatic N) is 2. The van der Waals surface area contributed by atoms with Gasteiger partial charge in [0.2, 0.25) is 0 Å². The van der Waals surface area contributed by atoms with Gasteiger partial charge in [0.05, 0.1) is 4.90 Å². The van der Waals surface area contributed by atoms with Crippen LogP contribution in [-0.4, -0.2) is 28.4 Å². The average Bonchev–Trinajstić information content (AvgIpc) is 2.87. The van der Waals surface area contributed by atoms with Crippen molar-refractivity contribution in [2.75, 3.05) is 0 Å². The molecule has 0 radical (unpaired) electrons. The Morgan fingerprint density at radius 2 is 1.45 bits per heavy atom. The number of aromatic amines is 1. The summed E-state index contributed by atoms with van der Waals surface area (Å²) in [5.41, 5.74) is 2.38. The highest BCUT2D eigenvalue weighted by Gasteiger charge is 2.10. The van der Waals surface area contributed by atoms with Gasteiger partial charge in [-0.15, -0.1) is 0 Å². The maximum absolute atomic E-state index is 10.6. The highest BCUT2D eigenvalue weighted by Crippen LogP contribution is 2.12. The molecule has 6 nitrogen and oxygen atoms in total. The fraction of sp³-hybridized carbons (Fsp3) is 0.0769. The molecule has 2 N–H and O–H groups in total. The SMILES string of the molecule is Cc1ccccc1S(=O)(=O)O.c1ccc2n[nH]nc2c1. The topological polar surface area (TPSA) is 95.9 Å². The Labute approximate surface area is 116 Å². The molecule has 0 spiro atoms. The zero-order valence-electron chi connectivity index (χ0n) is 10.7. The number of rotatable bonds is 1. The van der Waals surface area contributed by atoms with E-state index in [1.807, 2.05) is 24.3 Å². The van der Waals surface area contributed by atoms with E-state index in [4.69, 9.17) is 4.55 Å². The maximum atomic E-state index is 10.6. The summed E-state index contributed by atoms with van der Waals surface area (Å²) in [5, 5.41) is 10.3. The van der Waals surface area contributed by atoms with Crippen LogP contribution in [0.4, 0.5) is 0 Å². The van der Waals surface area contributed by atoms with Gasteiger partial charge in [-0.25, -0.2) is 0 Å². The summed E-state index contributed by atoms with van der Waals surface area (Å²) in [6.07, 6.45) is 0. The van der Waals surface area contributed by atoms with E-state index in [0.717, 1.165) is 11.0 Å². The molecular formula is C13H13N3O3S. The quantitative estimate of drug-likeness (QED) is 0.670. The molecule has 0 aliphatic heterocycles. The van der Waals surface area contributed by atoms with Crippen LogP contribution in [0.3, 0.4) is 0 Å². The number of hydrogen-bond donors (Lipinski definition) is 2. The van der Waals surface area contributed by atoms with Crippen LogP contribution in [0.1, 0.15) is 5.56 Å². The highest BCUT2D eigenvalue weighted by atomic mass is 32.2. The third-order valence-corrected chi connectivity index (χ3v) is 3.61. The zero-order valence-corrected chi connectivity index (χ0v) is 11.5. The summed E-state index contributed by atoms with van der Waals surface area (Å²) < 4.78 is 29.9. The Bertz CT molecular complexity index is 782. The van der Waals surface area contributed by atoms with Gasteiger partial charge in [-0.2, -0.15) is 23.8 Å². The molecule has 0 aliphatic carbocycles. The first kappa shape index (κ1) is 14.2. The minimum Gasteiger partial charge on any atom is -0.282 e. The van der Waals surface area contributed by atoms with Crippen LogP contribution in [-0.2, 0) is 10.1 Å². The van der Waals surface area contributed by atoms with Gasteiger partial charge >= 0.3 is 0 Å². The fourth-order valence-electron chi connectivity index (χ4n) is 1.63. The summed E-state index contributed by atoms with van der Waals surface area (Å²) >= 11 is 0. The zero-order chi connectivity index (χ0) is 14.6. The van der Waals surface area contributed by atoms with Gasteiger partial charge in [-0.1, -0.05) is 30.3 Å². The third kappa shape index (κ3) is 3.40. The molecule has 104 valence electrons. The number of benzene rings is 2. The van der Waals surface area contributed by atoms with E-state index >= 15 is 0 Å². The van der Waals surface area contributed by atoms with Gasteiger partial charge in [0.1, 0.15) is 11.0 Å². The second-order valence-electron chi connectivity index (χ2n) is 4.05. The van der Waals surface area contributed by atoms with Crippen molar-refractivity contribution < 1.29 is 13.0 Å². The van der Waals surface area contributed by atoms with Crippen LogP contribution in [0.5, 0.6) is 0 Å². The van der Waals surface area contributed by atoms with Gasteiger partial charge in [-0.05, 0) is 30.7 Å². The summed E-state index contributed by atoms with van der Waals surface area (Å²) in [4.78, 5) is -0.0278. The molecule has 0 aliphatic rings. The molecule has 3 aromatic rings. The van der Waals surface area contributed by atoms with E-state index < -0.39 is 10.1 Å². The Morgan fingerprint density at radius 1 is 0.950 bits per heavy atom. The van der Waals surface area contributed by atoms with Crippen LogP contribution in [0.25, 0.3) is 11.0 Å². The average molecular weight is 291 g/mol. The molecule has 2 aromatic carbocycles. The molecule has 0 unspecified atom stereocenters. The first-order valence-corrected chi connectivity index (χ1v) is 7.21. The second kappa shape index (κ2) is 5.81.